The van der Waals surface area contributed by atoms with Gasteiger partial charge >= 0.3 is 0 Å². The second-order valence-corrected chi connectivity index (χ2v) is 6.78. The summed E-state index contributed by atoms with van der Waals surface area (Å²) in [5.41, 5.74) is 3.02. The van der Waals surface area contributed by atoms with Crippen molar-refractivity contribution in [1.29, 1.82) is 0 Å². The van der Waals surface area contributed by atoms with Crippen LogP contribution in [0.5, 0.6) is 5.75 Å². The summed E-state index contributed by atoms with van der Waals surface area (Å²) < 4.78 is 5.99. The molecule has 1 heterocycles. The monoisotopic (exact) mass is 380 g/mol. The summed E-state index contributed by atoms with van der Waals surface area (Å²) >= 11 is 0. The normalized spacial score (nSPS) is 16.8. The molecule has 2 N–H and O–H groups in total. The molecule has 6 heteroatoms. The zero-order chi connectivity index (χ0) is 19.8. The molecule has 0 aliphatic carbocycles. The molecule has 0 aromatic heterocycles. The van der Waals surface area contributed by atoms with Crippen LogP contribution in [0, 0.1) is 5.92 Å². The highest BCUT2D eigenvalue weighted by atomic mass is 16.5. The fourth-order valence-electron chi connectivity index (χ4n) is 3.31. The first-order chi connectivity index (χ1) is 13.7. The van der Waals surface area contributed by atoms with Crippen molar-refractivity contribution in [2.45, 2.75) is 12.8 Å². The van der Waals surface area contributed by atoms with Crippen LogP contribution in [-0.4, -0.2) is 41.6 Å². The molecule has 1 fully saturated rings. The zero-order valence-corrected chi connectivity index (χ0v) is 15.6. The quantitative estimate of drug-likeness (QED) is 0.458. The Morgan fingerprint density at radius 3 is 2.68 bits per heavy atom. The van der Waals surface area contributed by atoms with Gasteiger partial charge in [0.15, 0.2) is 0 Å². The Morgan fingerprint density at radius 1 is 1.14 bits per heavy atom. The number of likely N-dealkylation sites (tertiary alicyclic amines) is 1. The van der Waals surface area contributed by atoms with E-state index in [2.05, 4.69) is 0 Å². The van der Waals surface area contributed by atoms with E-state index in [0.717, 1.165) is 24.9 Å². The van der Waals surface area contributed by atoms with Crippen LogP contribution in [0.3, 0.4) is 0 Å². The average molecular weight is 380 g/mol. The van der Waals surface area contributed by atoms with E-state index in [4.69, 9.17) is 9.94 Å². The lowest BCUT2D eigenvalue weighted by atomic mass is 9.98. The van der Waals surface area contributed by atoms with Crippen LogP contribution in [-0.2, 0) is 4.79 Å². The topological polar surface area (TPSA) is 78.9 Å². The van der Waals surface area contributed by atoms with Gasteiger partial charge in [-0.2, -0.15) is 0 Å². The fourth-order valence-corrected chi connectivity index (χ4v) is 3.31. The Balaban J connectivity index is 1.60. The summed E-state index contributed by atoms with van der Waals surface area (Å²) in [5, 5.41) is 8.59. The largest absolute Gasteiger partial charge is 0.493 e. The lowest BCUT2D eigenvalue weighted by Gasteiger charge is -2.32. The first-order valence-corrected chi connectivity index (χ1v) is 9.35. The highest BCUT2D eigenvalue weighted by Crippen LogP contribution is 2.23. The predicted octanol–water partition coefficient (Wildman–Crippen LogP) is 3.14. The van der Waals surface area contributed by atoms with E-state index < -0.39 is 5.91 Å². The summed E-state index contributed by atoms with van der Waals surface area (Å²) in [6, 6.07) is 16.7. The maximum atomic E-state index is 12.7. The van der Waals surface area contributed by atoms with Crippen molar-refractivity contribution < 1.29 is 19.5 Å². The van der Waals surface area contributed by atoms with Gasteiger partial charge in [-0.05, 0) is 37.1 Å². The summed E-state index contributed by atoms with van der Waals surface area (Å²) in [6.45, 7) is 1.92. The molecule has 1 saturated heterocycles. The molecule has 0 bridgehead atoms. The first-order valence-electron chi connectivity index (χ1n) is 9.35. The van der Waals surface area contributed by atoms with Gasteiger partial charge in [-0.1, -0.05) is 36.4 Å². The lowest BCUT2D eigenvalue weighted by Crippen LogP contribution is -2.41. The van der Waals surface area contributed by atoms with Crippen LogP contribution in [0.4, 0.5) is 0 Å². The minimum atomic E-state index is -0.600. The zero-order valence-electron chi connectivity index (χ0n) is 15.6. The van der Waals surface area contributed by atoms with E-state index >= 15 is 0 Å². The number of carbonyl (C=O) groups is 2. The third kappa shape index (κ3) is 5.20. The average Bonchev–Trinajstić information content (AvgIpc) is 2.76. The second kappa shape index (κ2) is 9.71. The summed E-state index contributed by atoms with van der Waals surface area (Å²) in [5.74, 6) is 0.371. The Morgan fingerprint density at radius 2 is 1.89 bits per heavy atom. The second-order valence-electron chi connectivity index (χ2n) is 6.78. The number of para-hydroxylation sites is 1. The summed E-state index contributed by atoms with van der Waals surface area (Å²) in [7, 11) is 0. The van der Waals surface area contributed by atoms with Gasteiger partial charge in [0.1, 0.15) is 5.75 Å². The molecule has 1 aliphatic rings. The molecular weight excluding hydrogens is 356 g/mol. The molecule has 6 nitrogen and oxygen atoms in total. The van der Waals surface area contributed by atoms with Crippen molar-refractivity contribution in [3.05, 3.63) is 71.8 Å². The van der Waals surface area contributed by atoms with E-state index in [9.17, 15) is 9.59 Å². The number of nitrogens with one attached hydrogen (secondary N) is 1. The number of hydroxylamine groups is 1. The van der Waals surface area contributed by atoms with Crippen molar-refractivity contribution in [1.82, 2.24) is 10.4 Å². The number of hydrogen-bond donors (Lipinski definition) is 2. The number of amides is 2. The minimum Gasteiger partial charge on any atom is -0.493 e. The number of carbonyl (C=O) groups excluding carboxylic acids is 2. The molecule has 3 rings (SSSR count). The fraction of sp³-hybridized carbons (Fsp3) is 0.273. The van der Waals surface area contributed by atoms with Gasteiger partial charge in [-0.25, -0.2) is 5.48 Å². The lowest BCUT2D eigenvalue weighted by molar-refractivity contribution is -0.124. The van der Waals surface area contributed by atoms with Gasteiger partial charge in [0.05, 0.1) is 6.61 Å². The number of rotatable bonds is 6. The Labute approximate surface area is 164 Å². The van der Waals surface area contributed by atoms with Gasteiger partial charge in [-0.15, -0.1) is 0 Å². The van der Waals surface area contributed by atoms with Crippen molar-refractivity contribution in [3.8, 4) is 5.75 Å². The Bertz CT molecular complexity index is 835. The van der Waals surface area contributed by atoms with Gasteiger partial charge < -0.3 is 9.64 Å². The molecule has 2 aromatic carbocycles. The molecule has 1 atom stereocenters. The van der Waals surface area contributed by atoms with E-state index in [1.807, 2.05) is 59.5 Å². The Kier molecular flexibility index (Phi) is 6.81. The van der Waals surface area contributed by atoms with E-state index in [1.54, 1.807) is 11.6 Å². The van der Waals surface area contributed by atoms with Crippen molar-refractivity contribution in [3.63, 3.8) is 0 Å². The molecule has 1 aliphatic heterocycles. The molecule has 0 saturated carbocycles. The number of ether oxygens (including phenoxy) is 1. The maximum absolute atomic E-state index is 12.7. The number of hydrogen-bond acceptors (Lipinski definition) is 4. The predicted molar refractivity (Wildman–Crippen MR) is 106 cm³/mol. The third-order valence-corrected chi connectivity index (χ3v) is 4.74. The highest BCUT2D eigenvalue weighted by molar-refractivity contribution is 5.94. The van der Waals surface area contributed by atoms with Crippen LogP contribution in [0.2, 0.25) is 0 Å². The van der Waals surface area contributed by atoms with Crippen LogP contribution in [0.15, 0.2) is 60.7 Å². The Hall–Kier alpha value is -3.12. The van der Waals surface area contributed by atoms with Crippen LogP contribution in [0.25, 0.3) is 6.08 Å². The van der Waals surface area contributed by atoms with Crippen LogP contribution in [0.1, 0.15) is 28.8 Å². The molecule has 2 amide bonds. The SMILES string of the molecule is O=C(C=Cc1ccccc1OCC1CCCN(C(=O)c2ccccc2)C1)NO. The standard InChI is InChI=1S/C22H24N2O4/c25-21(23-27)13-12-18-8-4-5-11-20(18)28-16-17-7-6-14-24(15-17)22(26)19-9-2-1-3-10-19/h1-5,8-13,17,27H,6-7,14-16H2,(H,23,25). The molecule has 2 aromatic rings. The molecule has 0 radical (unpaired) electrons. The number of benzene rings is 2. The third-order valence-electron chi connectivity index (χ3n) is 4.74. The number of nitrogens with zero attached hydrogens (tertiary/aromatic N) is 1. The molecule has 1 unspecified atom stereocenters. The van der Waals surface area contributed by atoms with Crippen LogP contribution >= 0.6 is 0 Å². The molecule has 0 spiro atoms. The van der Waals surface area contributed by atoms with Gasteiger partial charge in [-0.3, -0.25) is 14.8 Å². The summed E-state index contributed by atoms with van der Waals surface area (Å²) in [4.78, 5) is 25.8. The van der Waals surface area contributed by atoms with Crippen molar-refractivity contribution >= 4 is 17.9 Å². The number of piperidine rings is 1. The van der Waals surface area contributed by atoms with Crippen molar-refractivity contribution in [2.75, 3.05) is 19.7 Å². The minimum absolute atomic E-state index is 0.0589. The molecular formula is C22H24N2O4. The maximum Gasteiger partial charge on any atom is 0.267 e. The van der Waals surface area contributed by atoms with Gasteiger partial charge in [0.2, 0.25) is 0 Å². The van der Waals surface area contributed by atoms with Gasteiger partial charge in [0.25, 0.3) is 11.8 Å². The molecule has 146 valence electrons. The smallest absolute Gasteiger partial charge is 0.267 e. The summed E-state index contributed by atoms with van der Waals surface area (Å²) in [6.07, 6.45) is 4.78. The van der Waals surface area contributed by atoms with Gasteiger partial charge in [0, 0.05) is 36.2 Å². The van der Waals surface area contributed by atoms with E-state index in [0.29, 0.717) is 24.5 Å². The first kappa shape index (κ1) is 19.6. The van der Waals surface area contributed by atoms with E-state index in [1.165, 1.54) is 6.08 Å². The van der Waals surface area contributed by atoms with E-state index in [-0.39, 0.29) is 11.8 Å². The molecule has 28 heavy (non-hydrogen) atoms. The highest BCUT2D eigenvalue weighted by Gasteiger charge is 2.25. The van der Waals surface area contributed by atoms with Crippen molar-refractivity contribution in [2.24, 2.45) is 5.92 Å². The van der Waals surface area contributed by atoms with Crippen LogP contribution < -0.4 is 10.2 Å².